The molecule has 16 heavy (non-hydrogen) atoms. The predicted molar refractivity (Wildman–Crippen MR) is 64.3 cm³/mol. The van der Waals surface area contributed by atoms with Gasteiger partial charge in [-0.1, -0.05) is 26.1 Å². The van der Waals surface area contributed by atoms with Gasteiger partial charge in [0, 0.05) is 6.20 Å². The summed E-state index contributed by atoms with van der Waals surface area (Å²) in [6.45, 7) is 3.67. The van der Waals surface area contributed by atoms with Crippen molar-refractivity contribution in [1.82, 2.24) is 14.9 Å². The van der Waals surface area contributed by atoms with Crippen LogP contribution in [0, 0.1) is 5.92 Å². The molecule has 0 amide bonds. The fourth-order valence-corrected chi connectivity index (χ4v) is 2.82. The van der Waals surface area contributed by atoms with Gasteiger partial charge in [0.05, 0.1) is 17.2 Å². The third-order valence-electron chi connectivity index (χ3n) is 2.04. The highest BCUT2D eigenvalue weighted by molar-refractivity contribution is 7.89. The van der Waals surface area contributed by atoms with Gasteiger partial charge in [-0.15, -0.1) is 0 Å². The van der Waals surface area contributed by atoms with Crippen LogP contribution in [0.1, 0.15) is 13.8 Å². The summed E-state index contributed by atoms with van der Waals surface area (Å²) in [5.41, 5.74) is 5.48. The van der Waals surface area contributed by atoms with Gasteiger partial charge in [-0.3, -0.25) is 5.10 Å². The van der Waals surface area contributed by atoms with Gasteiger partial charge in [-0.05, 0) is 5.92 Å². The molecule has 0 aliphatic rings. The van der Waals surface area contributed by atoms with E-state index in [-0.39, 0.29) is 15.8 Å². The Morgan fingerprint density at radius 1 is 1.62 bits per heavy atom. The van der Waals surface area contributed by atoms with E-state index in [1.165, 1.54) is 12.4 Å². The molecule has 1 rings (SSSR count). The van der Waals surface area contributed by atoms with E-state index in [4.69, 9.17) is 18.0 Å². The maximum Gasteiger partial charge on any atom is 0.244 e. The molecule has 1 atom stereocenters. The average Bonchev–Trinajstić information content (AvgIpc) is 2.66. The van der Waals surface area contributed by atoms with E-state index in [0.717, 1.165) is 0 Å². The summed E-state index contributed by atoms with van der Waals surface area (Å²) in [4.78, 5) is 0.191. The van der Waals surface area contributed by atoms with E-state index in [0.29, 0.717) is 0 Å². The lowest BCUT2D eigenvalue weighted by Gasteiger charge is -2.20. The zero-order chi connectivity index (χ0) is 12.3. The van der Waals surface area contributed by atoms with Crippen LogP contribution in [-0.4, -0.2) is 29.6 Å². The van der Waals surface area contributed by atoms with E-state index in [1.807, 2.05) is 13.8 Å². The topological polar surface area (TPSA) is 101 Å². The monoisotopic (exact) mass is 262 g/mol. The Kier molecular flexibility index (Phi) is 4.00. The molecule has 0 fully saturated rings. The number of H-pyrrole nitrogens is 1. The van der Waals surface area contributed by atoms with Gasteiger partial charge in [0.15, 0.2) is 0 Å². The highest BCUT2D eigenvalue weighted by Crippen LogP contribution is 2.09. The highest BCUT2D eigenvalue weighted by atomic mass is 32.2. The first-order chi connectivity index (χ1) is 7.34. The Bertz CT molecular complexity index is 452. The number of nitrogens with two attached hydrogens (primary N) is 1. The van der Waals surface area contributed by atoms with Crippen LogP contribution < -0.4 is 10.5 Å². The number of hydrogen-bond acceptors (Lipinski definition) is 4. The first-order valence-electron chi connectivity index (χ1n) is 4.65. The van der Waals surface area contributed by atoms with Crippen LogP contribution >= 0.6 is 12.2 Å². The fraction of sp³-hybridized carbons (Fsp3) is 0.500. The predicted octanol–water partition coefficient (Wildman–Crippen LogP) is -0.00130. The lowest BCUT2D eigenvalue weighted by atomic mass is 10.1. The van der Waals surface area contributed by atoms with E-state index in [9.17, 15) is 8.42 Å². The molecule has 0 saturated heterocycles. The van der Waals surface area contributed by atoms with Gasteiger partial charge < -0.3 is 5.73 Å². The van der Waals surface area contributed by atoms with Crippen molar-refractivity contribution in [2.24, 2.45) is 11.7 Å². The van der Waals surface area contributed by atoms with E-state index >= 15 is 0 Å². The van der Waals surface area contributed by atoms with Crippen molar-refractivity contribution in [3.05, 3.63) is 12.4 Å². The molecular formula is C8H14N4O2S2. The SMILES string of the molecule is CC(C)C(NS(=O)(=O)c1cn[nH]c1)C(N)=S. The number of aromatic amines is 1. The number of thiocarbonyl (C=S) groups is 1. The van der Waals surface area contributed by atoms with Crippen LogP contribution in [0.4, 0.5) is 0 Å². The second-order valence-corrected chi connectivity index (χ2v) is 5.86. The lowest BCUT2D eigenvalue weighted by Crippen LogP contribution is -2.46. The Hall–Kier alpha value is -0.990. The number of rotatable bonds is 5. The lowest BCUT2D eigenvalue weighted by molar-refractivity contribution is 0.526. The number of hydrogen-bond donors (Lipinski definition) is 3. The number of sulfonamides is 1. The number of aromatic nitrogens is 2. The van der Waals surface area contributed by atoms with Crippen LogP contribution in [0.3, 0.4) is 0 Å². The molecule has 1 heterocycles. The Morgan fingerprint density at radius 3 is 2.62 bits per heavy atom. The van der Waals surface area contributed by atoms with Crippen LogP contribution in [0.25, 0.3) is 0 Å². The molecule has 90 valence electrons. The minimum absolute atomic E-state index is 0.0147. The third kappa shape index (κ3) is 3.00. The maximum absolute atomic E-state index is 11.8. The molecule has 0 aromatic carbocycles. The van der Waals surface area contributed by atoms with Crippen molar-refractivity contribution in [2.75, 3.05) is 0 Å². The average molecular weight is 262 g/mol. The van der Waals surface area contributed by atoms with Crippen molar-refractivity contribution in [3.63, 3.8) is 0 Å². The normalized spacial score (nSPS) is 13.9. The van der Waals surface area contributed by atoms with Gasteiger partial charge in [0.1, 0.15) is 4.90 Å². The van der Waals surface area contributed by atoms with E-state index < -0.39 is 16.1 Å². The fourth-order valence-electron chi connectivity index (χ4n) is 1.14. The Labute approximate surface area is 99.7 Å². The summed E-state index contributed by atoms with van der Waals surface area (Å²) < 4.78 is 26.1. The maximum atomic E-state index is 11.8. The molecule has 0 aliphatic carbocycles. The van der Waals surface area contributed by atoms with Crippen LogP contribution in [0.5, 0.6) is 0 Å². The molecule has 0 saturated carbocycles. The standard InChI is InChI=1S/C8H14N4O2S2/c1-5(2)7(8(9)15)12-16(13,14)6-3-10-11-4-6/h3-5,7,12H,1-2H3,(H2,9,15)(H,10,11). The van der Waals surface area contributed by atoms with Crippen molar-refractivity contribution in [3.8, 4) is 0 Å². The number of nitrogens with zero attached hydrogens (tertiary/aromatic N) is 1. The summed E-state index contributed by atoms with van der Waals surface area (Å²) in [5, 5.41) is 6.01. The first-order valence-corrected chi connectivity index (χ1v) is 6.54. The first kappa shape index (κ1) is 13.1. The molecule has 0 bridgehead atoms. The second-order valence-electron chi connectivity index (χ2n) is 3.68. The molecule has 0 radical (unpaired) electrons. The van der Waals surface area contributed by atoms with E-state index in [1.54, 1.807) is 0 Å². The van der Waals surface area contributed by atoms with Crippen molar-refractivity contribution in [1.29, 1.82) is 0 Å². The highest BCUT2D eigenvalue weighted by Gasteiger charge is 2.24. The third-order valence-corrected chi connectivity index (χ3v) is 3.70. The molecule has 8 heteroatoms. The summed E-state index contributed by atoms with van der Waals surface area (Å²) in [6, 6.07) is -0.560. The van der Waals surface area contributed by atoms with Gasteiger partial charge in [-0.2, -0.15) is 5.10 Å². The Morgan fingerprint density at radius 2 is 2.25 bits per heavy atom. The molecule has 4 N–H and O–H groups in total. The van der Waals surface area contributed by atoms with Crippen LogP contribution in [0.15, 0.2) is 17.3 Å². The molecule has 1 unspecified atom stereocenters. The molecule has 1 aromatic heterocycles. The van der Waals surface area contributed by atoms with Crippen LogP contribution in [-0.2, 0) is 10.0 Å². The summed E-state index contributed by atoms with van der Waals surface area (Å²) >= 11 is 4.82. The van der Waals surface area contributed by atoms with E-state index in [2.05, 4.69) is 14.9 Å². The van der Waals surface area contributed by atoms with Gasteiger partial charge in [0.25, 0.3) is 0 Å². The van der Waals surface area contributed by atoms with Crippen LogP contribution in [0.2, 0.25) is 0 Å². The van der Waals surface area contributed by atoms with Crippen molar-refractivity contribution < 1.29 is 8.42 Å². The Balaban J connectivity index is 2.92. The number of nitrogens with one attached hydrogen (secondary N) is 2. The molecular weight excluding hydrogens is 248 g/mol. The summed E-state index contributed by atoms with van der Waals surface area (Å²) in [6.07, 6.45) is 2.51. The largest absolute Gasteiger partial charge is 0.392 e. The smallest absolute Gasteiger partial charge is 0.244 e. The van der Waals surface area contributed by atoms with Crippen molar-refractivity contribution >= 4 is 27.2 Å². The molecule has 6 nitrogen and oxygen atoms in total. The molecule has 0 spiro atoms. The minimum atomic E-state index is -3.62. The van der Waals surface area contributed by atoms with Crippen molar-refractivity contribution in [2.45, 2.75) is 24.8 Å². The zero-order valence-corrected chi connectivity index (χ0v) is 10.6. The quantitative estimate of drug-likeness (QED) is 0.648. The summed E-state index contributed by atoms with van der Waals surface area (Å²) in [5.74, 6) is -0.0147. The second kappa shape index (κ2) is 4.89. The summed E-state index contributed by atoms with van der Waals surface area (Å²) in [7, 11) is -3.62. The molecule has 1 aromatic rings. The molecule has 0 aliphatic heterocycles. The van der Waals surface area contributed by atoms with Gasteiger partial charge >= 0.3 is 0 Å². The van der Waals surface area contributed by atoms with Gasteiger partial charge in [-0.25, -0.2) is 13.1 Å². The zero-order valence-electron chi connectivity index (χ0n) is 8.97. The van der Waals surface area contributed by atoms with Gasteiger partial charge in [0.2, 0.25) is 10.0 Å². The minimum Gasteiger partial charge on any atom is -0.392 e.